The van der Waals surface area contributed by atoms with Crippen LogP contribution in [0.15, 0.2) is 82.6 Å². The predicted molar refractivity (Wildman–Crippen MR) is 131 cm³/mol. The zero-order chi connectivity index (χ0) is 23.9. The lowest BCUT2D eigenvalue weighted by molar-refractivity contribution is -0.126. The number of nitrogens with one attached hydrogen (secondary N) is 1. The Morgan fingerprint density at radius 2 is 1.76 bits per heavy atom. The molecule has 1 atom stereocenters. The molecule has 0 saturated heterocycles. The highest BCUT2D eigenvalue weighted by atomic mass is 32.2. The van der Waals surface area contributed by atoms with Gasteiger partial charge in [0.1, 0.15) is 5.54 Å². The van der Waals surface area contributed by atoms with Crippen LogP contribution >= 0.6 is 11.8 Å². The van der Waals surface area contributed by atoms with Crippen molar-refractivity contribution in [3.05, 3.63) is 73.0 Å². The van der Waals surface area contributed by atoms with Crippen molar-refractivity contribution in [2.75, 3.05) is 10.2 Å². The highest BCUT2D eigenvalue weighted by molar-refractivity contribution is 8.00. The third-order valence-corrected chi connectivity index (χ3v) is 6.78. The third-order valence-electron chi connectivity index (χ3n) is 5.75. The van der Waals surface area contributed by atoms with Crippen LogP contribution in [-0.4, -0.2) is 37.4 Å². The number of para-hydroxylation sites is 3. The second-order valence-electron chi connectivity index (χ2n) is 8.42. The average molecular weight is 474 g/mol. The maximum absolute atomic E-state index is 13.8. The fourth-order valence-corrected chi connectivity index (χ4v) is 4.87. The first-order valence-corrected chi connectivity index (χ1v) is 11.7. The summed E-state index contributed by atoms with van der Waals surface area (Å²) in [5, 5.41) is 11.6. The van der Waals surface area contributed by atoms with Crippen LogP contribution in [0.1, 0.15) is 20.8 Å². The SMILES string of the molecule is C[C@@H](Sc1nnc(-c2ccco2)n1-c1ccccc1)C(=O)N1c2ccccc2NC(=O)C1(C)C. The highest BCUT2D eigenvalue weighted by Crippen LogP contribution is 2.39. The summed E-state index contributed by atoms with van der Waals surface area (Å²) in [6.07, 6.45) is 1.58. The van der Waals surface area contributed by atoms with E-state index in [0.717, 1.165) is 5.69 Å². The first kappa shape index (κ1) is 22.0. The van der Waals surface area contributed by atoms with Gasteiger partial charge in [-0.1, -0.05) is 42.1 Å². The number of hydrogen-bond donors (Lipinski definition) is 1. The summed E-state index contributed by atoms with van der Waals surface area (Å²) >= 11 is 1.29. The number of fused-ring (bicyclic) bond motifs is 1. The molecule has 1 N–H and O–H groups in total. The predicted octanol–water partition coefficient (Wildman–Crippen LogP) is 4.77. The Kier molecular flexibility index (Phi) is 5.49. The first-order valence-electron chi connectivity index (χ1n) is 10.8. The van der Waals surface area contributed by atoms with E-state index < -0.39 is 10.8 Å². The van der Waals surface area contributed by atoms with Crippen molar-refractivity contribution in [2.45, 2.75) is 36.7 Å². The number of hydrogen-bond acceptors (Lipinski definition) is 6. The van der Waals surface area contributed by atoms with Crippen LogP contribution in [-0.2, 0) is 9.59 Å². The number of anilines is 2. The largest absolute Gasteiger partial charge is 0.461 e. The Balaban J connectivity index is 1.51. The van der Waals surface area contributed by atoms with Crippen molar-refractivity contribution in [2.24, 2.45) is 0 Å². The zero-order valence-corrected chi connectivity index (χ0v) is 19.7. The molecule has 0 bridgehead atoms. The number of furan rings is 1. The molecule has 1 aliphatic heterocycles. The minimum atomic E-state index is -1.05. The van der Waals surface area contributed by atoms with E-state index in [1.165, 1.54) is 11.8 Å². The molecule has 34 heavy (non-hydrogen) atoms. The number of carbonyl (C=O) groups excluding carboxylic acids is 2. The number of carbonyl (C=O) groups is 2. The summed E-state index contributed by atoms with van der Waals surface area (Å²) < 4.78 is 7.44. The summed E-state index contributed by atoms with van der Waals surface area (Å²) in [6.45, 7) is 5.30. The Labute approximate surface area is 201 Å². The number of rotatable bonds is 5. The van der Waals surface area contributed by atoms with E-state index in [1.807, 2.05) is 66.1 Å². The molecule has 2 amide bonds. The zero-order valence-electron chi connectivity index (χ0n) is 18.9. The quantitative estimate of drug-likeness (QED) is 0.420. The lowest BCUT2D eigenvalue weighted by Crippen LogP contribution is -2.60. The lowest BCUT2D eigenvalue weighted by Gasteiger charge is -2.43. The Hall–Kier alpha value is -3.85. The molecule has 0 radical (unpaired) electrons. The van der Waals surface area contributed by atoms with Gasteiger partial charge in [-0.15, -0.1) is 10.2 Å². The molecule has 2 aromatic heterocycles. The molecule has 0 aliphatic carbocycles. The fourth-order valence-electron chi connectivity index (χ4n) is 3.96. The van der Waals surface area contributed by atoms with Crippen molar-refractivity contribution in [3.63, 3.8) is 0 Å². The average Bonchev–Trinajstić information content (AvgIpc) is 3.50. The molecular formula is C25H23N5O3S. The van der Waals surface area contributed by atoms with Crippen LogP contribution < -0.4 is 10.2 Å². The molecule has 4 aromatic rings. The molecule has 1 aliphatic rings. The van der Waals surface area contributed by atoms with Crippen molar-refractivity contribution in [3.8, 4) is 17.3 Å². The van der Waals surface area contributed by atoms with E-state index in [4.69, 9.17) is 4.42 Å². The summed E-state index contributed by atoms with van der Waals surface area (Å²) in [5.41, 5.74) is 1.09. The smallest absolute Gasteiger partial charge is 0.250 e. The minimum absolute atomic E-state index is 0.195. The minimum Gasteiger partial charge on any atom is -0.461 e. The molecule has 0 saturated carbocycles. The number of thioether (sulfide) groups is 1. The van der Waals surface area contributed by atoms with E-state index in [2.05, 4.69) is 15.5 Å². The van der Waals surface area contributed by atoms with Gasteiger partial charge in [0.2, 0.25) is 17.6 Å². The van der Waals surface area contributed by atoms with Crippen LogP contribution in [0.2, 0.25) is 0 Å². The maximum atomic E-state index is 13.8. The maximum Gasteiger partial charge on any atom is 0.250 e. The number of amides is 2. The Bertz CT molecular complexity index is 1350. The second-order valence-corrected chi connectivity index (χ2v) is 9.73. The van der Waals surface area contributed by atoms with Crippen molar-refractivity contribution >= 4 is 35.0 Å². The van der Waals surface area contributed by atoms with Gasteiger partial charge in [0.05, 0.1) is 22.9 Å². The molecular weight excluding hydrogens is 450 g/mol. The molecule has 0 unspecified atom stereocenters. The van der Waals surface area contributed by atoms with Crippen LogP contribution in [0, 0.1) is 0 Å². The van der Waals surface area contributed by atoms with Crippen LogP contribution in [0.4, 0.5) is 11.4 Å². The van der Waals surface area contributed by atoms with Crippen molar-refractivity contribution in [1.82, 2.24) is 14.8 Å². The van der Waals surface area contributed by atoms with Crippen LogP contribution in [0.5, 0.6) is 0 Å². The fraction of sp³-hybridized carbons (Fsp3) is 0.200. The number of nitrogens with zero attached hydrogens (tertiary/aromatic N) is 4. The molecule has 2 aromatic carbocycles. The molecule has 3 heterocycles. The van der Waals surface area contributed by atoms with Crippen molar-refractivity contribution < 1.29 is 14.0 Å². The molecule has 0 fully saturated rings. The molecule has 0 spiro atoms. The normalized spacial score (nSPS) is 15.5. The van der Waals surface area contributed by atoms with E-state index in [0.29, 0.717) is 28.1 Å². The molecule has 5 rings (SSSR count). The Morgan fingerprint density at radius 1 is 1.03 bits per heavy atom. The van der Waals surface area contributed by atoms with Gasteiger partial charge in [-0.05, 0) is 57.2 Å². The molecule has 9 heteroatoms. The summed E-state index contributed by atoms with van der Waals surface area (Å²) in [7, 11) is 0. The second kappa shape index (κ2) is 8.49. The van der Waals surface area contributed by atoms with Gasteiger partial charge < -0.3 is 9.73 Å². The van der Waals surface area contributed by atoms with E-state index in [-0.39, 0.29) is 11.8 Å². The van der Waals surface area contributed by atoms with Crippen molar-refractivity contribution in [1.29, 1.82) is 0 Å². The highest BCUT2D eigenvalue weighted by Gasteiger charge is 2.45. The van der Waals surface area contributed by atoms with Crippen LogP contribution in [0.25, 0.3) is 17.3 Å². The summed E-state index contributed by atoms with van der Waals surface area (Å²) in [5.74, 6) is 0.690. The summed E-state index contributed by atoms with van der Waals surface area (Å²) in [4.78, 5) is 28.1. The molecule has 172 valence electrons. The van der Waals surface area contributed by atoms with Gasteiger partial charge in [0.15, 0.2) is 10.9 Å². The Morgan fingerprint density at radius 3 is 2.50 bits per heavy atom. The lowest BCUT2D eigenvalue weighted by atomic mass is 9.96. The standard InChI is InChI=1S/C25H23N5O3S/c1-16(22(31)30-19-13-8-7-12-18(19)26-23(32)25(30,2)3)34-24-28-27-21(20-14-9-15-33-20)29(24)17-10-5-4-6-11-17/h4-16H,1-3H3,(H,26,32)/t16-/m1/s1. The third kappa shape index (κ3) is 3.67. The van der Waals surface area contributed by atoms with E-state index >= 15 is 0 Å². The number of aromatic nitrogens is 3. The number of benzene rings is 2. The monoisotopic (exact) mass is 473 g/mol. The van der Waals surface area contributed by atoms with Gasteiger partial charge >= 0.3 is 0 Å². The van der Waals surface area contributed by atoms with Gasteiger partial charge in [0, 0.05) is 5.69 Å². The first-order chi connectivity index (χ1) is 16.4. The topological polar surface area (TPSA) is 93.3 Å². The molecule has 8 nitrogen and oxygen atoms in total. The van der Waals surface area contributed by atoms with Gasteiger partial charge in [-0.3, -0.25) is 19.1 Å². The summed E-state index contributed by atoms with van der Waals surface area (Å²) in [6, 6.07) is 20.6. The van der Waals surface area contributed by atoms with Gasteiger partial charge in [-0.25, -0.2) is 0 Å². The van der Waals surface area contributed by atoms with Gasteiger partial charge in [0.25, 0.3) is 0 Å². The van der Waals surface area contributed by atoms with Gasteiger partial charge in [-0.2, -0.15) is 0 Å². The van der Waals surface area contributed by atoms with E-state index in [9.17, 15) is 9.59 Å². The van der Waals surface area contributed by atoms with Crippen LogP contribution in [0.3, 0.4) is 0 Å². The van der Waals surface area contributed by atoms with E-state index in [1.54, 1.807) is 37.1 Å².